The summed E-state index contributed by atoms with van der Waals surface area (Å²) in [6.45, 7) is 6.61. The van der Waals surface area contributed by atoms with Gasteiger partial charge in [-0.05, 0) is 51.1 Å². The van der Waals surface area contributed by atoms with Gasteiger partial charge in [-0.3, -0.25) is 0 Å². The molecule has 0 atom stereocenters. The van der Waals surface area contributed by atoms with Crippen molar-refractivity contribution in [1.82, 2.24) is 4.98 Å². The van der Waals surface area contributed by atoms with E-state index < -0.39 is 0 Å². The van der Waals surface area contributed by atoms with Crippen LogP contribution in [-0.4, -0.2) is 17.7 Å². The number of rotatable bonds is 5. The predicted molar refractivity (Wildman–Crippen MR) is 92.0 cm³/mol. The molecule has 0 aliphatic rings. The summed E-state index contributed by atoms with van der Waals surface area (Å²) in [5.41, 5.74) is 2.09. The zero-order chi connectivity index (χ0) is 15.5. The Kier molecular flexibility index (Phi) is 4.29. The maximum atomic E-state index is 5.81. The molecule has 3 rings (SSSR count). The van der Waals surface area contributed by atoms with Gasteiger partial charge in [0.15, 0.2) is 11.5 Å². The van der Waals surface area contributed by atoms with E-state index in [9.17, 15) is 0 Å². The van der Waals surface area contributed by atoms with Crippen molar-refractivity contribution >= 4 is 21.6 Å². The topological polar surface area (TPSA) is 31.4 Å². The van der Waals surface area contributed by atoms with Gasteiger partial charge in [0.05, 0.1) is 22.9 Å². The summed E-state index contributed by atoms with van der Waals surface area (Å²) in [7, 11) is 0. The Hall–Kier alpha value is -2.07. The third kappa shape index (κ3) is 3.07. The normalized spacial score (nSPS) is 11.1. The van der Waals surface area contributed by atoms with Gasteiger partial charge in [0.2, 0.25) is 0 Å². The van der Waals surface area contributed by atoms with Crippen molar-refractivity contribution in [2.75, 3.05) is 6.61 Å². The van der Waals surface area contributed by atoms with Crippen LogP contribution in [0.3, 0.4) is 0 Å². The molecule has 0 spiro atoms. The van der Waals surface area contributed by atoms with Crippen LogP contribution in [0.2, 0.25) is 0 Å². The summed E-state index contributed by atoms with van der Waals surface area (Å²) in [5.74, 6) is 1.55. The van der Waals surface area contributed by atoms with Crippen LogP contribution in [0.1, 0.15) is 20.8 Å². The fourth-order valence-corrected chi connectivity index (χ4v) is 3.22. The molecule has 0 saturated heterocycles. The van der Waals surface area contributed by atoms with Gasteiger partial charge < -0.3 is 9.47 Å². The number of benzene rings is 2. The van der Waals surface area contributed by atoms with Crippen LogP contribution in [0.15, 0.2) is 42.5 Å². The minimum atomic E-state index is 0.118. The predicted octanol–water partition coefficient (Wildman–Crippen LogP) is 5.15. The highest BCUT2D eigenvalue weighted by atomic mass is 32.1. The van der Waals surface area contributed by atoms with E-state index in [1.165, 1.54) is 4.70 Å². The molecule has 4 heteroatoms. The first-order chi connectivity index (χ1) is 10.7. The Morgan fingerprint density at radius 3 is 2.64 bits per heavy atom. The van der Waals surface area contributed by atoms with E-state index >= 15 is 0 Å². The largest absolute Gasteiger partial charge is 0.490 e. The lowest BCUT2D eigenvalue weighted by atomic mass is 10.2. The summed E-state index contributed by atoms with van der Waals surface area (Å²) in [5, 5.41) is 0.998. The van der Waals surface area contributed by atoms with Gasteiger partial charge in [0.25, 0.3) is 0 Å². The fourth-order valence-electron chi connectivity index (χ4n) is 2.26. The van der Waals surface area contributed by atoms with Gasteiger partial charge in [-0.15, -0.1) is 11.3 Å². The molecule has 0 radical (unpaired) electrons. The van der Waals surface area contributed by atoms with Crippen molar-refractivity contribution in [3.63, 3.8) is 0 Å². The number of fused-ring (bicyclic) bond motifs is 1. The van der Waals surface area contributed by atoms with Crippen LogP contribution in [0.5, 0.6) is 11.5 Å². The minimum Gasteiger partial charge on any atom is -0.490 e. The zero-order valence-electron chi connectivity index (χ0n) is 13.0. The third-order valence-electron chi connectivity index (χ3n) is 3.15. The summed E-state index contributed by atoms with van der Waals surface area (Å²) in [6, 6.07) is 14.2. The molecule has 0 fully saturated rings. The molecule has 22 heavy (non-hydrogen) atoms. The molecule has 0 aliphatic carbocycles. The number of nitrogens with zero attached hydrogens (tertiary/aromatic N) is 1. The molecule has 0 saturated carbocycles. The maximum Gasteiger partial charge on any atom is 0.161 e. The van der Waals surface area contributed by atoms with Gasteiger partial charge in [-0.1, -0.05) is 12.1 Å². The molecule has 3 aromatic rings. The molecular formula is C18H19NO2S. The van der Waals surface area contributed by atoms with Crippen molar-refractivity contribution in [2.24, 2.45) is 0 Å². The first-order valence-corrected chi connectivity index (χ1v) is 8.28. The average molecular weight is 313 g/mol. The molecule has 0 amide bonds. The highest BCUT2D eigenvalue weighted by molar-refractivity contribution is 7.21. The second kappa shape index (κ2) is 6.36. The van der Waals surface area contributed by atoms with Crippen LogP contribution in [0, 0.1) is 0 Å². The van der Waals surface area contributed by atoms with E-state index in [-0.39, 0.29) is 6.10 Å². The number of hydrogen-bond donors (Lipinski definition) is 0. The van der Waals surface area contributed by atoms with Gasteiger partial charge >= 0.3 is 0 Å². The standard InChI is InChI=1S/C18H19NO2S/c1-4-20-16-11-13(9-10-15(16)21-12(2)3)18-19-14-7-5-6-8-17(14)22-18/h5-12H,4H2,1-3H3. The lowest BCUT2D eigenvalue weighted by molar-refractivity contribution is 0.224. The van der Waals surface area contributed by atoms with E-state index in [1.807, 2.05) is 57.2 Å². The molecule has 2 aromatic carbocycles. The Bertz CT molecular complexity index is 747. The second-order valence-corrected chi connectivity index (χ2v) is 6.28. The highest BCUT2D eigenvalue weighted by Gasteiger charge is 2.12. The molecule has 0 N–H and O–H groups in total. The van der Waals surface area contributed by atoms with E-state index in [0.717, 1.165) is 27.6 Å². The Morgan fingerprint density at radius 2 is 1.91 bits per heavy atom. The Labute approximate surface area is 134 Å². The van der Waals surface area contributed by atoms with Gasteiger partial charge in [0, 0.05) is 5.56 Å². The molecular weight excluding hydrogens is 294 g/mol. The lowest BCUT2D eigenvalue weighted by Gasteiger charge is -2.15. The summed E-state index contributed by atoms with van der Waals surface area (Å²) >= 11 is 1.69. The lowest BCUT2D eigenvalue weighted by Crippen LogP contribution is -2.07. The number of thiazole rings is 1. The van der Waals surface area contributed by atoms with E-state index in [2.05, 4.69) is 6.07 Å². The number of aromatic nitrogens is 1. The highest BCUT2D eigenvalue weighted by Crippen LogP contribution is 2.36. The van der Waals surface area contributed by atoms with Crippen molar-refractivity contribution in [2.45, 2.75) is 26.9 Å². The Morgan fingerprint density at radius 1 is 1.09 bits per heavy atom. The molecule has 0 bridgehead atoms. The van der Waals surface area contributed by atoms with Gasteiger partial charge in [-0.2, -0.15) is 0 Å². The summed E-state index contributed by atoms with van der Waals surface area (Å²) in [6.07, 6.45) is 0.118. The zero-order valence-corrected chi connectivity index (χ0v) is 13.8. The summed E-state index contributed by atoms with van der Waals surface area (Å²) < 4.78 is 12.7. The SMILES string of the molecule is CCOc1cc(-c2nc3ccccc3s2)ccc1OC(C)C. The van der Waals surface area contributed by atoms with Crippen LogP contribution >= 0.6 is 11.3 Å². The summed E-state index contributed by atoms with van der Waals surface area (Å²) in [4.78, 5) is 4.70. The molecule has 0 unspecified atom stereocenters. The van der Waals surface area contributed by atoms with Crippen LogP contribution in [-0.2, 0) is 0 Å². The number of hydrogen-bond acceptors (Lipinski definition) is 4. The Balaban J connectivity index is 2.01. The van der Waals surface area contributed by atoms with Crippen molar-refractivity contribution in [3.8, 4) is 22.1 Å². The number of para-hydroxylation sites is 1. The van der Waals surface area contributed by atoms with Gasteiger partial charge in [-0.25, -0.2) is 4.98 Å². The van der Waals surface area contributed by atoms with E-state index in [1.54, 1.807) is 11.3 Å². The molecule has 1 heterocycles. The van der Waals surface area contributed by atoms with Crippen molar-refractivity contribution in [3.05, 3.63) is 42.5 Å². The van der Waals surface area contributed by atoms with Crippen LogP contribution in [0.25, 0.3) is 20.8 Å². The second-order valence-electron chi connectivity index (χ2n) is 5.25. The first-order valence-electron chi connectivity index (χ1n) is 7.47. The maximum absolute atomic E-state index is 5.81. The van der Waals surface area contributed by atoms with Crippen LogP contribution < -0.4 is 9.47 Å². The van der Waals surface area contributed by atoms with Crippen molar-refractivity contribution < 1.29 is 9.47 Å². The quantitative estimate of drug-likeness (QED) is 0.653. The first kappa shape index (κ1) is 14.9. The molecule has 1 aromatic heterocycles. The van der Waals surface area contributed by atoms with E-state index in [4.69, 9.17) is 14.5 Å². The fraction of sp³-hybridized carbons (Fsp3) is 0.278. The number of ether oxygens (including phenoxy) is 2. The average Bonchev–Trinajstić information content (AvgIpc) is 2.92. The monoisotopic (exact) mass is 313 g/mol. The smallest absolute Gasteiger partial charge is 0.161 e. The molecule has 114 valence electrons. The molecule has 3 nitrogen and oxygen atoms in total. The molecule has 0 aliphatic heterocycles. The van der Waals surface area contributed by atoms with Crippen LogP contribution in [0.4, 0.5) is 0 Å². The van der Waals surface area contributed by atoms with Gasteiger partial charge in [0.1, 0.15) is 5.01 Å². The third-order valence-corrected chi connectivity index (χ3v) is 4.23. The minimum absolute atomic E-state index is 0.118. The van der Waals surface area contributed by atoms with E-state index in [0.29, 0.717) is 6.61 Å². The van der Waals surface area contributed by atoms with Crippen molar-refractivity contribution in [1.29, 1.82) is 0 Å².